The van der Waals surface area contributed by atoms with Crippen LogP contribution in [0.2, 0.25) is 0 Å². The molecule has 8 unspecified atom stereocenters. The van der Waals surface area contributed by atoms with E-state index in [1.54, 1.807) is 13.8 Å². The summed E-state index contributed by atoms with van der Waals surface area (Å²) in [6.45, 7) is 13.1. The topological polar surface area (TPSA) is 55.8 Å². The molecule has 6 fully saturated rings. The summed E-state index contributed by atoms with van der Waals surface area (Å²) in [5.41, 5.74) is 0.377. The standard InChI is InChI=1S/C34H57N2O4/c1-23(37)39-31-20-25-12-13-26-27(34(25,4)22-29(31)35-16-8-6-9-17-35)14-15-33(3)28(26)21-30(32(33)40-24(2)38)36(5)18-10-7-11-19-36/h25-32H,6-22H2,1-5H3/q+1/t25?,26?,27?,28?,29?,30?,31?,32?,33-,34-/m0/s1. The molecule has 0 amide bonds. The average Bonchev–Trinajstić information content (AvgIpc) is 3.21. The molecule has 4 aliphatic carbocycles. The van der Waals surface area contributed by atoms with Crippen molar-refractivity contribution in [1.29, 1.82) is 0 Å². The van der Waals surface area contributed by atoms with Crippen molar-refractivity contribution in [2.45, 2.75) is 135 Å². The molecule has 226 valence electrons. The summed E-state index contributed by atoms with van der Waals surface area (Å²) in [6.07, 6.45) is 16.3. The van der Waals surface area contributed by atoms with Crippen LogP contribution in [0.25, 0.3) is 0 Å². The Balaban J connectivity index is 1.29. The van der Waals surface area contributed by atoms with Gasteiger partial charge in [0.2, 0.25) is 0 Å². The number of ether oxygens (including phenoxy) is 2. The molecule has 2 aliphatic heterocycles. The minimum absolute atomic E-state index is 0.0466. The zero-order chi connectivity index (χ0) is 28.3. The molecule has 0 N–H and O–H groups in total. The third kappa shape index (κ3) is 4.85. The molecule has 0 aromatic heterocycles. The van der Waals surface area contributed by atoms with Crippen LogP contribution < -0.4 is 0 Å². The highest BCUT2D eigenvalue weighted by atomic mass is 16.5. The molecule has 2 heterocycles. The molecule has 6 rings (SSSR count). The van der Waals surface area contributed by atoms with Gasteiger partial charge in [-0.2, -0.15) is 0 Å². The van der Waals surface area contributed by atoms with Gasteiger partial charge in [0.05, 0.1) is 20.1 Å². The van der Waals surface area contributed by atoms with Gasteiger partial charge in [0.15, 0.2) is 6.10 Å². The lowest BCUT2D eigenvalue weighted by Gasteiger charge is -2.62. The monoisotopic (exact) mass is 557 g/mol. The van der Waals surface area contributed by atoms with Crippen LogP contribution in [0.15, 0.2) is 0 Å². The molecule has 10 atom stereocenters. The number of hydrogen-bond acceptors (Lipinski definition) is 5. The van der Waals surface area contributed by atoms with E-state index in [9.17, 15) is 9.59 Å². The van der Waals surface area contributed by atoms with Crippen LogP contribution in [-0.2, 0) is 19.1 Å². The fraction of sp³-hybridized carbons (Fsp3) is 0.941. The largest absolute Gasteiger partial charge is 0.461 e. The minimum Gasteiger partial charge on any atom is -0.461 e. The van der Waals surface area contributed by atoms with Gasteiger partial charge in [-0.25, -0.2) is 0 Å². The molecule has 0 spiro atoms. The lowest BCUT2D eigenvalue weighted by molar-refractivity contribution is -0.940. The molecule has 0 bridgehead atoms. The van der Waals surface area contributed by atoms with Crippen molar-refractivity contribution >= 4 is 11.9 Å². The second kappa shape index (κ2) is 10.8. The lowest BCUT2D eigenvalue weighted by Crippen LogP contribution is -2.61. The third-order valence-corrected chi connectivity index (χ3v) is 13.7. The van der Waals surface area contributed by atoms with E-state index < -0.39 is 0 Å². The first kappa shape index (κ1) is 29.0. The minimum atomic E-state index is -0.111. The number of rotatable bonds is 4. The van der Waals surface area contributed by atoms with Crippen molar-refractivity contribution in [2.75, 3.05) is 33.2 Å². The second-order valence-electron chi connectivity index (χ2n) is 15.8. The van der Waals surface area contributed by atoms with Crippen molar-refractivity contribution in [1.82, 2.24) is 4.90 Å². The van der Waals surface area contributed by atoms with Crippen LogP contribution >= 0.6 is 0 Å². The number of hydrogen-bond donors (Lipinski definition) is 0. The van der Waals surface area contributed by atoms with Crippen LogP contribution in [0.1, 0.15) is 111 Å². The highest BCUT2D eigenvalue weighted by Crippen LogP contribution is 2.67. The molecule has 4 saturated carbocycles. The van der Waals surface area contributed by atoms with Gasteiger partial charge in [-0.1, -0.05) is 20.3 Å². The van der Waals surface area contributed by atoms with E-state index in [2.05, 4.69) is 25.8 Å². The number of esters is 2. The van der Waals surface area contributed by atoms with E-state index in [-0.39, 0.29) is 29.6 Å². The molecular weight excluding hydrogens is 500 g/mol. The summed E-state index contributed by atoms with van der Waals surface area (Å²) < 4.78 is 13.5. The van der Waals surface area contributed by atoms with Crippen LogP contribution in [0.5, 0.6) is 0 Å². The van der Waals surface area contributed by atoms with E-state index in [4.69, 9.17) is 9.47 Å². The van der Waals surface area contributed by atoms with Gasteiger partial charge in [0, 0.05) is 31.7 Å². The van der Waals surface area contributed by atoms with Gasteiger partial charge in [-0.05, 0) is 113 Å². The Bertz CT molecular complexity index is 958. The van der Waals surface area contributed by atoms with Gasteiger partial charge in [-0.15, -0.1) is 0 Å². The number of fused-ring (bicyclic) bond motifs is 5. The maximum Gasteiger partial charge on any atom is 0.303 e. The highest BCUT2D eigenvalue weighted by Gasteiger charge is 2.67. The van der Waals surface area contributed by atoms with Crippen LogP contribution in [-0.4, -0.2) is 78.8 Å². The number of piperidine rings is 2. The summed E-state index contributed by atoms with van der Waals surface area (Å²) in [4.78, 5) is 27.4. The Kier molecular flexibility index (Phi) is 7.85. The predicted octanol–water partition coefficient (Wildman–Crippen LogP) is 5.97. The van der Waals surface area contributed by atoms with Crippen molar-refractivity contribution in [2.24, 2.45) is 34.5 Å². The van der Waals surface area contributed by atoms with E-state index in [1.165, 1.54) is 90.1 Å². The number of likely N-dealkylation sites (N-methyl/N-ethyl adjacent to an activating group) is 1. The Morgan fingerprint density at radius 1 is 0.800 bits per heavy atom. The normalized spacial score (nSPS) is 46.9. The summed E-state index contributed by atoms with van der Waals surface area (Å²) in [5, 5.41) is 0. The quantitative estimate of drug-likeness (QED) is 0.315. The Hall–Kier alpha value is -1.14. The van der Waals surface area contributed by atoms with Crippen LogP contribution in [0.4, 0.5) is 0 Å². The van der Waals surface area contributed by atoms with Crippen molar-refractivity contribution in [3.63, 3.8) is 0 Å². The van der Waals surface area contributed by atoms with Gasteiger partial charge in [0.25, 0.3) is 0 Å². The van der Waals surface area contributed by atoms with Gasteiger partial charge in [0.1, 0.15) is 12.1 Å². The van der Waals surface area contributed by atoms with Gasteiger partial charge in [-0.3, -0.25) is 14.5 Å². The average molecular weight is 558 g/mol. The summed E-state index contributed by atoms with van der Waals surface area (Å²) in [6, 6.07) is 0.796. The fourth-order valence-corrected chi connectivity index (χ4v) is 11.7. The third-order valence-electron chi connectivity index (χ3n) is 13.7. The molecule has 0 aromatic rings. The second-order valence-corrected chi connectivity index (χ2v) is 15.8. The molecule has 0 aromatic carbocycles. The molecule has 6 nitrogen and oxygen atoms in total. The molecule has 6 aliphatic rings. The number of likely N-dealkylation sites (tertiary alicyclic amines) is 2. The molecule has 6 heteroatoms. The number of carbonyl (C=O) groups is 2. The molecular formula is C34H57N2O4+. The smallest absolute Gasteiger partial charge is 0.303 e. The first-order valence-electron chi connectivity index (χ1n) is 17.0. The van der Waals surface area contributed by atoms with Crippen LogP contribution in [0.3, 0.4) is 0 Å². The predicted molar refractivity (Wildman–Crippen MR) is 156 cm³/mol. The number of carbonyl (C=O) groups excluding carboxylic acids is 2. The maximum absolute atomic E-state index is 12.5. The number of nitrogens with zero attached hydrogens (tertiary/aromatic N) is 2. The van der Waals surface area contributed by atoms with Gasteiger partial charge >= 0.3 is 11.9 Å². The first-order valence-corrected chi connectivity index (χ1v) is 17.0. The SMILES string of the molecule is CC(=O)OC1CC2CCC3C(CC[C@@]4(C)C3CC([N+]3(C)CCCCC3)C4OC(C)=O)[C@@]2(C)CC1N1CCCCC1. The zero-order valence-electron chi connectivity index (χ0n) is 26.2. The highest BCUT2D eigenvalue weighted by molar-refractivity contribution is 5.66. The van der Waals surface area contributed by atoms with Crippen molar-refractivity contribution < 1.29 is 23.5 Å². The Morgan fingerprint density at radius 3 is 2.15 bits per heavy atom. The zero-order valence-corrected chi connectivity index (χ0v) is 26.2. The van der Waals surface area contributed by atoms with Crippen LogP contribution in [0, 0.1) is 34.5 Å². The van der Waals surface area contributed by atoms with Crippen molar-refractivity contribution in [3.8, 4) is 0 Å². The summed E-state index contributed by atoms with van der Waals surface area (Å²) in [5.74, 6) is 2.50. The summed E-state index contributed by atoms with van der Waals surface area (Å²) >= 11 is 0. The fourth-order valence-electron chi connectivity index (χ4n) is 11.7. The lowest BCUT2D eigenvalue weighted by atomic mass is 9.44. The van der Waals surface area contributed by atoms with E-state index in [1.807, 2.05) is 0 Å². The molecule has 40 heavy (non-hydrogen) atoms. The van der Waals surface area contributed by atoms with E-state index >= 15 is 0 Å². The Morgan fingerprint density at radius 2 is 1.48 bits per heavy atom. The summed E-state index contributed by atoms with van der Waals surface area (Å²) in [7, 11) is 2.47. The molecule has 0 radical (unpaired) electrons. The van der Waals surface area contributed by atoms with E-state index in [0.717, 1.165) is 29.9 Å². The van der Waals surface area contributed by atoms with Gasteiger partial charge < -0.3 is 14.0 Å². The first-order chi connectivity index (χ1) is 19.0. The number of quaternary nitrogens is 1. The molecule has 2 saturated heterocycles. The van der Waals surface area contributed by atoms with E-state index in [0.29, 0.717) is 35.3 Å². The Labute approximate surface area is 243 Å². The maximum atomic E-state index is 12.5. The van der Waals surface area contributed by atoms with Crippen molar-refractivity contribution in [3.05, 3.63) is 0 Å².